The van der Waals surface area contributed by atoms with Crippen LogP contribution in [0.2, 0.25) is 0 Å². The smallest absolute Gasteiger partial charge is 0.133 e. The average Bonchev–Trinajstić information content (AvgIpc) is 2.04. The minimum Gasteiger partial charge on any atom is -0.392 e. The van der Waals surface area contributed by atoms with E-state index in [-0.39, 0.29) is 6.61 Å². The number of benzene rings is 1. The van der Waals surface area contributed by atoms with E-state index in [1.54, 1.807) is 12.1 Å². The fourth-order valence-corrected chi connectivity index (χ4v) is 1.32. The molecule has 11 heavy (non-hydrogen) atoms. The molecule has 1 N–H and O–H groups in total. The van der Waals surface area contributed by atoms with Crippen molar-refractivity contribution in [2.24, 2.45) is 0 Å². The highest BCUT2D eigenvalue weighted by Gasteiger charge is 2.06. The van der Waals surface area contributed by atoms with E-state index in [4.69, 9.17) is 28.3 Å². The lowest BCUT2D eigenvalue weighted by atomic mass is 10.1. The van der Waals surface area contributed by atoms with Gasteiger partial charge in [-0.2, -0.15) is 0 Å². The van der Waals surface area contributed by atoms with E-state index in [0.717, 1.165) is 11.1 Å². The van der Waals surface area contributed by atoms with Gasteiger partial charge in [0, 0.05) is 0 Å². The SMILES string of the molecule is OCc1ccccc1C(Cl)Cl. The van der Waals surface area contributed by atoms with E-state index in [1.807, 2.05) is 12.1 Å². The maximum absolute atomic E-state index is 8.85. The van der Waals surface area contributed by atoms with Crippen molar-refractivity contribution in [2.75, 3.05) is 0 Å². The van der Waals surface area contributed by atoms with Gasteiger partial charge in [-0.3, -0.25) is 0 Å². The summed E-state index contributed by atoms with van der Waals surface area (Å²) >= 11 is 11.3. The highest BCUT2D eigenvalue weighted by molar-refractivity contribution is 6.44. The van der Waals surface area contributed by atoms with Gasteiger partial charge < -0.3 is 5.11 Å². The first-order valence-electron chi connectivity index (χ1n) is 3.22. The van der Waals surface area contributed by atoms with E-state index < -0.39 is 4.84 Å². The van der Waals surface area contributed by atoms with Gasteiger partial charge in [0.05, 0.1) is 6.61 Å². The van der Waals surface area contributed by atoms with Crippen molar-refractivity contribution >= 4 is 23.2 Å². The summed E-state index contributed by atoms with van der Waals surface area (Å²) in [5.74, 6) is 0. The summed E-state index contributed by atoms with van der Waals surface area (Å²) in [5, 5.41) is 8.85. The summed E-state index contributed by atoms with van der Waals surface area (Å²) in [4.78, 5) is -0.557. The molecule has 0 aliphatic heterocycles. The fraction of sp³-hybridized carbons (Fsp3) is 0.250. The van der Waals surface area contributed by atoms with Crippen molar-refractivity contribution in [3.8, 4) is 0 Å². The van der Waals surface area contributed by atoms with Crippen LogP contribution < -0.4 is 0 Å². The largest absolute Gasteiger partial charge is 0.392 e. The van der Waals surface area contributed by atoms with E-state index in [1.165, 1.54) is 0 Å². The van der Waals surface area contributed by atoms with Crippen LogP contribution in [0.15, 0.2) is 24.3 Å². The van der Waals surface area contributed by atoms with Gasteiger partial charge in [0.1, 0.15) is 4.84 Å². The van der Waals surface area contributed by atoms with E-state index in [2.05, 4.69) is 0 Å². The second kappa shape index (κ2) is 3.96. The van der Waals surface area contributed by atoms with Crippen molar-refractivity contribution < 1.29 is 5.11 Å². The quantitative estimate of drug-likeness (QED) is 0.712. The minimum atomic E-state index is -0.557. The second-order valence-corrected chi connectivity index (χ2v) is 3.25. The Hall–Kier alpha value is -0.240. The molecule has 0 spiro atoms. The zero-order valence-electron chi connectivity index (χ0n) is 5.80. The Bertz CT molecular complexity index is 235. The van der Waals surface area contributed by atoms with Gasteiger partial charge >= 0.3 is 0 Å². The molecule has 3 heteroatoms. The first-order valence-corrected chi connectivity index (χ1v) is 4.10. The van der Waals surface area contributed by atoms with Gasteiger partial charge in [-0.25, -0.2) is 0 Å². The van der Waals surface area contributed by atoms with Gasteiger partial charge in [0.15, 0.2) is 0 Å². The molecule has 0 radical (unpaired) electrons. The van der Waals surface area contributed by atoms with Crippen LogP contribution in [0, 0.1) is 0 Å². The second-order valence-electron chi connectivity index (χ2n) is 2.16. The van der Waals surface area contributed by atoms with Crippen LogP contribution in [0.4, 0.5) is 0 Å². The molecule has 0 heterocycles. The van der Waals surface area contributed by atoms with Crippen LogP contribution in [-0.4, -0.2) is 5.11 Å². The van der Waals surface area contributed by atoms with Crippen molar-refractivity contribution in [2.45, 2.75) is 11.4 Å². The fourth-order valence-electron chi connectivity index (χ4n) is 0.891. The molecule has 0 atom stereocenters. The zero-order chi connectivity index (χ0) is 8.27. The van der Waals surface area contributed by atoms with Crippen LogP contribution in [0.1, 0.15) is 16.0 Å². The topological polar surface area (TPSA) is 20.2 Å². The summed E-state index contributed by atoms with van der Waals surface area (Å²) in [5.41, 5.74) is 1.56. The predicted octanol–water partition coefficient (Wildman–Crippen LogP) is 2.66. The maximum atomic E-state index is 8.85. The van der Waals surface area contributed by atoms with Crippen LogP contribution in [-0.2, 0) is 6.61 Å². The Morgan fingerprint density at radius 2 is 1.91 bits per heavy atom. The number of hydrogen-bond acceptors (Lipinski definition) is 1. The third-order valence-electron chi connectivity index (χ3n) is 1.46. The third kappa shape index (κ3) is 2.09. The Morgan fingerprint density at radius 1 is 1.27 bits per heavy atom. The third-order valence-corrected chi connectivity index (χ3v) is 1.93. The maximum Gasteiger partial charge on any atom is 0.133 e. The van der Waals surface area contributed by atoms with Crippen LogP contribution in [0.5, 0.6) is 0 Å². The van der Waals surface area contributed by atoms with Crippen molar-refractivity contribution in [3.63, 3.8) is 0 Å². The van der Waals surface area contributed by atoms with Crippen molar-refractivity contribution in [1.82, 2.24) is 0 Å². The zero-order valence-corrected chi connectivity index (χ0v) is 7.31. The molecule has 1 nitrogen and oxygen atoms in total. The number of aliphatic hydroxyl groups excluding tert-OH is 1. The first-order chi connectivity index (χ1) is 5.25. The lowest BCUT2D eigenvalue weighted by molar-refractivity contribution is 0.281. The van der Waals surface area contributed by atoms with Crippen molar-refractivity contribution in [3.05, 3.63) is 35.4 Å². The lowest BCUT2D eigenvalue weighted by Crippen LogP contribution is -1.91. The van der Waals surface area contributed by atoms with E-state index in [9.17, 15) is 0 Å². The molecule has 0 fully saturated rings. The normalized spacial score (nSPS) is 10.5. The number of hydrogen-bond donors (Lipinski definition) is 1. The van der Waals surface area contributed by atoms with Gasteiger partial charge in [0.25, 0.3) is 0 Å². The Kier molecular flexibility index (Phi) is 3.18. The standard InChI is InChI=1S/C8H8Cl2O/c9-8(10)7-4-2-1-3-6(7)5-11/h1-4,8,11H,5H2. The van der Waals surface area contributed by atoms with Crippen molar-refractivity contribution in [1.29, 1.82) is 0 Å². The molecule has 0 saturated heterocycles. The molecule has 1 aromatic carbocycles. The lowest BCUT2D eigenvalue weighted by Gasteiger charge is -2.06. The van der Waals surface area contributed by atoms with E-state index in [0.29, 0.717) is 0 Å². The molecule has 0 unspecified atom stereocenters. The highest BCUT2D eigenvalue weighted by atomic mass is 35.5. The molecular weight excluding hydrogens is 183 g/mol. The van der Waals surface area contributed by atoms with Gasteiger partial charge in [0.2, 0.25) is 0 Å². The number of aliphatic hydroxyl groups is 1. The van der Waals surface area contributed by atoms with E-state index >= 15 is 0 Å². The van der Waals surface area contributed by atoms with Crippen LogP contribution >= 0.6 is 23.2 Å². The summed E-state index contributed by atoms with van der Waals surface area (Å²) in [7, 11) is 0. The Balaban J connectivity index is 3.02. The summed E-state index contributed by atoms with van der Waals surface area (Å²) in [6, 6.07) is 7.28. The van der Waals surface area contributed by atoms with Gasteiger partial charge in [-0.1, -0.05) is 24.3 Å². The molecule has 0 amide bonds. The Labute approximate surface area is 75.6 Å². The average molecular weight is 191 g/mol. The molecule has 1 rings (SSSR count). The molecule has 0 bridgehead atoms. The van der Waals surface area contributed by atoms with Crippen LogP contribution in [0.25, 0.3) is 0 Å². The molecule has 0 aliphatic rings. The number of alkyl halides is 2. The molecule has 0 aromatic heterocycles. The van der Waals surface area contributed by atoms with Crippen LogP contribution in [0.3, 0.4) is 0 Å². The molecule has 60 valence electrons. The number of rotatable bonds is 2. The van der Waals surface area contributed by atoms with Gasteiger partial charge in [-0.15, -0.1) is 23.2 Å². The summed E-state index contributed by atoms with van der Waals surface area (Å²) in [6.07, 6.45) is 0. The summed E-state index contributed by atoms with van der Waals surface area (Å²) < 4.78 is 0. The highest BCUT2D eigenvalue weighted by Crippen LogP contribution is 2.27. The monoisotopic (exact) mass is 190 g/mol. The molecule has 0 aliphatic carbocycles. The number of halogens is 2. The first kappa shape index (κ1) is 8.85. The minimum absolute atomic E-state index is 0.0217. The molecular formula is C8H8Cl2O. The van der Waals surface area contributed by atoms with Gasteiger partial charge in [-0.05, 0) is 11.1 Å². The molecule has 0 saturated carbocycles. The predicted molar refractivity (Wildman–Crippen MR) is 46.8 cm³/mol. The molecule has 1 aromatic rings. The Morgan fingerprint density at radius 3 is 2.36 bits per heavy atom. The summed E-state index contributed by atoms with van der Waals surface area (Å²) in [6.45, 7) is -0.0217.